The van der Waals surface area contributed by atoms with E-state index in [1.54, 1.807) is 26.1 Å². The van der Waals surface area contributed by atoms with Crippen molar-refractivity contribution >= 4 is 28.6 Å². The molecule has 1 saturated heterocycles. The van der Waals surface area contributed by atoms with E-state index in [9.17, 15) is 43.1 Å². The Hall–Kier alpha value is -4.70. The fraction of sp³-hybridized carbons (Fsp3) is 0.483. The number of nitrogens with one attached hydrogen (secondary N) is 2. The number of hydrogen-bond acceptors (Lipinski definition) is 11. The molecule has 1 aliphatic rings. The molecule has 1 aromatic carbocycles. The van der Waals surface area contributed by atoms with Gasteiger partial charge in [0.25, 0.3) is 11.2 Å². The number of carbonyl (C=O) groups excluding carboxylic acids is 1. The van der Waals surface area contributed by atoms with Crippen LogP contribution in [0, 0.1) is 27.4 Å². The van der Waals surface area contributed by atoms with E-state index >= 15 is 0 Å². The zero-order valence-electron chi connectivity index (χ0n) is 25.7. The number of carbonyl (C=O) groups is 1. The molecule has 254 valence electrons. The van der Waals surface area contributed by atoms with Crippen molar-refractivity contribution in [2.75, 3.05) is 26.0 Å². The predicted octanol–water partition coefficient (Wildman–Crippen LogP) is 2.20. The quantitative estimate of drug-likeness (QED) is 0.127. The molecule has 6 N–H and O–H groups in total. The molecule has 0 saturated carbocycles. The van der Waals surface area contributed by atoms with Crippen LogP contribution in [0.5, 0.6) is 5.75 Å². The van der Waals surface area contributed by atoms with E-state index in [1.807, 2.05) is 0 Å². The fourth-order valence-corrected chi connectivity index (χ4v) is 5.19. The van der Waals surface area contributed by atoms with Crippen molar-refractivity contribution in [1.29, 1.82) is 0 Å². The third-order valence-electron chi connectivity index (χ3n) is 7.31. The number of fused-ring (bicyclic) bond motifs is 1. The molecule has 4 rings (SSSR count). The van der Waals surface area contributed by atoms with Gasteiger partial charge in [-0.25, -0.2) is 0 Å². The van der Waals surface area contributed by atoms with Gasteiger partial charge in [0.1, 0.15) is 18.1 Å². The number of anilines is 1. The molecule has 0 unspecified atom stereocenters. The molecule has 0 radical (unpaired) electrons. The van der Waals surface area contributed by atoms with E-state index in [1.165, 1.54) is 23.9 Å². The third-order valence-corrected chi connectivity index (χ3v) is 7.31. The first kappa shape index (κ1) is 35.2. The van der Waals surface area contributed by atoms with Crippen LogP contribution in [0.3, 0.4) is 0 Å². The van der Waals surface area contributed by atoms with Crippen molar-refractivity contribution in [1.82, 2.24) is 19.9 Å². The molecule has 1 aliphatic heterocycles. The van der Waals surface area contributed by atoms with Crippen LogP contribution in [0.2, 0.25) is 0 Å². The number of aliphatic hydroxyl groups is 2. The number of amides is 1. The van der Waals surface area contributed by atoms with Crippen LogP contribution in [0.15, 0.2) is 23.1 Å². The Bertz CT molecular complexity index is 1790. The first-order chi connectivity index (χ1) is 22.0. The molecule has 3 aromatic rings. The highest BCUT2D eigenvalue weighted by molar-refractivity contribution is 5.82. The minimum atomic E-state index is -5.09. The highest BCUT2D eigenvalue weighted by Crippen LogP contribution is 2.43. The van der Waals surface area contributed by atoms with E-state index in [0.717, 1.165) is 6.07 Å². The van der Waals surface area contributed by atoms with E-state index in [0.29, 0.717) is 5.56 Å². The number of nitro groups is 1. The smallest absolute Gasteiger partial charge is 0.471 e. The van der Waals surface area contributed by atoms with Crippen molar-refractivity contribution in [3.8, 4) is 17.6 Å². The lowest BCUT2D eigenvalue weighted by molar-refractivity contribution is -0.386. The molecule has 15 nitrogen and oxygen atoms in total. The van der Waals surface area contributed by atoms with E-state index < -0.39 is 71.4 Å². The number of aliphatic hydroxyl groups excluding tert-OH is 2. The summed E-state index contributed by atoms with van der Waals surface area (Å²) in [5.74, 6) is 2.52. The second-order valence-electron chi connectivity index (χ2n) is 11.7. The summed E-state index contributed by atoms with van der Waals surface area (Å²) in [5, 5.41) is 33.8. The maximum Gasteiger partial charge on any atom is 0.471 e. The summed E-state index contributed by atoms with van der Waals surface area (Å²) in [6.07, 6.45) is -7.10. The zero-order chi connectivity index (χ0) is 34.8. The lowest BCUT2D eigenvalue weighted by atomic mass is 9.83. The van der Waals surface area contributed by atoms with E-state index in [-0.39, 0.29) is 46.9 Å². The molecular formula is C29H33F3N6O9. The first-order valence-corrected chi connectivity index (χ1v) is 14.1. The standard InChI is InChI=1S/C29H33F3N6O9/c1-28(2,3)23(16-9-19(45-4)14(8-17(16)38(43)44)6-5-7-34-26(42)29(30,31)32)46-13-15-11-37(21-10-18(40)20(12-39)47-21)24-22(15)25(41)36-27(33)35-24/h8-9,11,18,20-21,23,39-40H,7,10,12-13H2,1-4H3,(H,34,42)(H3,33,35,36,41)/t18-,20-,21-,23-/m1/s1. The zero-order valence-corrected chi connectivity index (χ0v) is 25.7. The van der Waals surface area contributed by atoms with Gasteiger partial charge in [-0.2, -0.15) is 18.2 Å². The van der Waals surface area contributed by atoms with Crippen molar-refractivity contribution in [3.63, 3.8) is 0 Å². The molecular weight excluding hydrogens is 633 g/mol. The molecule has 1 amide bonds. The number of methoxy groups -OCH3 is 1. The Kier molecular flexibility index (Phi) is 10.2. The van der Waals surface area contributed by atoms with E-state index in [4.69, 9.17) is 19.9 Å². The third kappa shape index (κ3) is 7.65. The summed E-state index contributed by atoms with van der Waals surface area (Å²) in [4.78, 5) is 42.3. The van der Waals surface area contributed by atoms with Gasteiger partial charge >= 0.3 is 12.1 Å². The molecule has 0 spiro atoms. The number of benzene rings is 1. The molecule has 47 heavy (non-hydrogen) atoms. The SMILES string of the molecule is COc1cc([C@@H](OCc2cn([C@H]3C[C@@H](O)[C@@H](CO)O3)c3nc(N)[nH]c(=O)c23)C(C)(C)C)c([N+](=O)[O-])cc1C#CCNC(=O)C(F)(F)F. The van der Waals surface area contributed by atoms with Gasteiger partial charge in [-0.3, -0.25) is 24.7 Å². The van der Waals surface area contributed by atoms with Gasteiger partial charge in [-0.15, -0.1) is 0 Å². The number of alkyl halides is 3. The number of ether oxygens (including phenoxy) is 3. The van der Waals surface area contributed by atoms with Gasteiger partial charge in [0.2, 0.25) is 5.95 Å². The summed E-state index contributed by atoms with van der Waals surface area (Å²) in [7, 11) is 1.28. The summed E-state index contributed by atoms with van der Waals surface area (Å²) >= 11 is 0. The highest BCUT2D eigenvalue weighted by Gasteiger charge is 2.39. The molecule has 2 aromatic heterocycles. The number of H-pyrrole nitrogens is 1. The number of nitrogen functional groups attached to an aromatic ring is 1. The topological polar surface area (TPSA) is 217 Å². The molecule has 3 heterocycles. The Morgan fingerprint density at radius 2 is 2.06 bits per heavy atom. The van der Waals surface area contributed by atoms with Crippen LogP contribution in [0.1, 0.15) is 56.2 Å². The Balaban J connectivity index is 1.71. The predicted molar refractivity (Wildman–Crippen MR) is 159 cm³/mol. The van der Waals surface area contributed by atoms with Gasteiger partial charge < -0.3 is 40.0 Å². The number of rotatable bonds is 9. The van der Waals surface area contributed by atoms with Crippen molar-refractivity contribution in [2.24, 2.45) is 5.41 Å². The van der Waals surface area contributed by atoms with E-state index in [2.05, 4.69) is 21.8 Å². The second-order valence-corrected chi connectivity index (χ2v) is 11.7. The largest absolute Gasteiger partial charge is 0.495 e. The summed E-state index contributed by atoms with van der Waals surface area (Å²) < 4.78 is 56.3. The first-order valence-electron chi connectivity index (χ1n) is 14.1. The van der Waals surface area contributed by atoms with Crippen LogP contribution in [0.25, 0.3) is 11.0 Å². The lowest BCUT2D eigenvalue weighted by Crippen LogP contribution is -2.36. The lowest BCUT2D eigenvalue weighted by Gasteiger charge is -2.31. The van der Waals surface area contributed by atoms with Gasteiger partial charge in [-0.1, -0.05) is 32.6 Å². The summed E-state index contributed by atoms with van der Waals surface area (Å²) in [6.45, 7) is 3.95. The molecule has 1 fully saturated rings. The van der Waals surface area contributed by atoms with Crippen LogP contribution < -0.4 is 21.3 Å². The normalized spacial score (nSPS) is 18.9. The Labute approximate surface area is 265 Å². The minimum absolute atomic E-state index is 0.0185. The highest BCUT2D eigenvalue weighted by atomic mass is 19.4. The minimum Gasteiger partial charge on any atom is -0.495 e. The summed E-state index contributed by atoms with van der Waals surface area (Å²) in [5.41, 5.74) is 4.53. The van der Waals surface area contributed by atoms with Gasteiger partial charge in [-0.05, 0) is 11.5 Å². The maximum absolute atomic E-state index is 13.0. The molecule has 0 bridgehead atoms. The fourth-order valence-electron chi connectivity index (χ4n) is 5.19. The van der Waals surface area contributed by atoms with Crippen LogP contribution in [-0.2, 0) is 20.9 Å². The summed E-state index contributed by atoms with van der Waals surface area (Å²) in [6, 6.07) is 2.44. The average molecular weight is 667 g/mol. The Morgan fingerprint density at radius 1 is 1.36 bits per heavy atom. The number of nitrogens with two attached hydrogens (primary N) is 1. The monoisotopic (exact) mass is 666 g/mol. The molecule has 0 aliphatic carbocycles. The van der Waals surface area contributed by atoms with Crippen LogP contribution in [-0.4, -0.2) is 74.2 Å². The Morgan fingerprint density at radius 3 is 2.64 bits per heavy atom. The molecule has 4 atom stereocenters. The van der Waals surface area contributed by atoms with Gasteiger partial charge in [0.15, 0.2) is 5.65 Å². The number of aromatic amines is 1. The van der Waals surface area contributed by atoms with Crippen molar-refractivity contribution in [3.05, 3.63) is 55.5 Å². The van der Waals surface area contributed by atoms with Gasteiger partial charge in [0, 0.05) is 24.2 Å². The van der Waals surface area contributed by atoms with Crippen LogP contribution >= 0.6 is 0 Å². The van der Waals surface area contributed by atoms with Crippen molar-refractivity contribution in [2.45, 2.75) is 64.5 Å². The van der Waals surface area contributed by atoms with Crippen LogP contribution in [0.4, 0.5) is 24.8 Å². The number of aromatic nitrogens is 3. The second kappa shape index (κ2) is 13.6. The van der Waals surface area contributed by atoms with Crippen molar-refractivity contribution < 1.29 is 47.3 Å². The molecule has 18 heteroatoms. The average Bonchev–Trinajstić information content (AvgIpc) is 3.53. The number of halogens is 3. The van der Waals surface area contributed by atoms with Gasteiger partial charge in [0.05, 0.1) is 60.5 Å². The number of hydrogen-bond donors (Lipinski definition) is 5. The number of nitrogens with zero attached hydrogens (tertiary/aromatic N) is 3. The number of nitro benzene ring substituents is 1. The maximum atomic E-state index is 13.0.